The van der Waals surface area contributed by atoms with Crippen LogP contribution in [0.1, 0.15) is 18.9 Å². The quantitative estimate of drug-likeness (QED) is 0.522. The van der Waals surface area contributed by atoms with E-state index in [9.17, 15) is 14.0 Å². The second kappa shape index (κ2) is 10.2. The maximum Gasteiger partial charge on any atom is 0.271 e. The van der Waals surface area contributed by atoms with Crippen LogP contribution in [0, 0.1) is 5.82 Å². The Morgan fingerprint density at radius 3 is 2.61 bits per heavy atom. The van der Waals surface area contributed by atoms with Gasteiger partial charge >= 0.3 is 0 Å². The van der Waals surface area contributed by atoms with Gasteiger partial charge in [0.05, 0.1) is 12.8 Å². The van der Waals surface area contributed by atoms with Crippen molar-refractivity contribution in [1.82, 2.24) is 15.1 Å². The van der Waals surface area contributed by atoms with Crippen LogP contribution < -0.4 is 20.3 Å². The van der Waals surface area contributed by atoms with Crippen molar-refractivity contribution in [3.63, 3.8) is 0 Å². The molecule has 0 spiro atoms. The molecule has 1 atom stereocenters. The van der Waals surface area contributed by atoms with Crippen LogP contribution in [-0.4, -0.2) is 28.9 Å². The van der Waals surface area contributed by atoms with Crippen molar-refractivity contribution >= 4 is 21.8 Å². The van der Waals surface area contributed by atoms with E-state index < -0.39 is 17.5 Å². The van der Waals surface area contributed by atoms with E-state index in [1.165, 1.54) is 36.4 Å². The normalized spacial score (nSPS) is 11.6. The van der Waals surface area contributed by atoms with Gasteiger partial charge in [-0.1, -0.05) is 22.9 Å². The largest absolute Gasteiger partial charge is 0.496 e. The van der Waals surface area contributed by atoms with E-state index in [-0.39, 0.29) is 18.3 Å². The predicted molar refractivity (Wildman–Crippen MR) is 117 cm³/mol. The Morgan fingerprint density at radius 1 is 1.19 bits per heavy atom. The Hall–Kier alpha value is -3.20. The fraction of sp³-hybridized carbons (Fsp3) is 0.227. The molecule has 3 rings (SSSR count). The van der Waals surface area contributed by atoms with Crippen LogP contribution >= 0.6 is 15.9 Å². The molecule has 0 aliphatic carbocycles. The molecule has 31 heavy (non-hydrogen) atoms. The number of carbonyl (C=O) groups excluding carboxylic acids is 1. The minimum atomic E-state index is -0.815. The zero-order chi connectivity index (χ0) is 22.4. The zero-order valence-corrected chi connectivity index (χ0v) is 18.6. The van der Waals surface area contributed by atoms with Crippen molar-refractivity contribution < 1.29 is 18.7 Å². The molecule has 162 valence electrons. The van der Waals surface area contributed by atoms with Crippen LogP contribution in [0.4, 0.5) is 4.39 Å². The second-order valence-electron chi connectivity index (χ2n) is 6.59. The van der Waals surface area contributed by atoms with Crippen molar-refractivity contribution in [2.75, 3.05) is 7.11 Å². The highest BCUT2D eigenvalue weighted by molar-refractivity contribution is 9.10. The van der Waals surface area contributed by atoms with Crippen molar-refractivity contribution in [1.29, 1.82) is 0 Å². The third-order valence-corrected chi connectivity index (χ3v) is 4.96. The highest BCUT2D eigenvalue weighted by atomic mass is 79.9. The molecule has 0 fully saturated rings. The number of hydrogen-bond donors (Lipinski definition) is 1. The van der Waals surface area contributed by atoms with Gasteiger partial charge in [0.15, 0.2) is 6.10 Å². The maximum absolute atomic E-state index is 13.2. The second-order valence-corrected chi connectivity index (χ2v) is 7.50. The number of methoxy groups -OCH3 is 1. The third-order valence-electron chi connectivity index (χ3n) is 4.47. The van der Waals surface area contributed by atoms with Gasteiger partial charge in [-0.25, -0.2) is 4.39 Å². The van der Waals surface area contributed by atoms with Crippen molar-refractivity contribution in [2.45, 2.75) is 26.0 Å². The first-order chi connectivity index (χ1) is 14.9. The highest BCUT2D eigenvalue weighted by Gasteiger charge is 2.20. The fourth-order valence-electron chi connectivity index (χ4n) is 2.87. The topological polar surface area (TPSA) is 82.5 Å². The predicted octanol–water partition coefficient (Wildman–Crippen LogP) is 3.62. The van der Waals surface area contributed by atoms with Gasteiger partial charge in [-0.15, -0.1) is 5.10 Å². The van der Waals surface area contributed by atoms with Crippen LogP contribution in [0.2, 0.25) is 0 Å². The molecule has 0 radical (unpaired) electrons. The number of benzene rings is 2. The summed E-state index contributed by atoms with van der Waals surface area (Å²) in [6.07, 6.45) is -0.427. The molecule has 1 N–H and O–H groups in total. The molecule has 3 aromatic rings. The van der Waals surface area contributed by atoms with E-state index in [2.05, 4.69) is 26.3 Å². The van der Waals surface area contributed by atoms with Crippen LogP contribution in [0.25, 0.3) is 5.69 Å². The van der Waals surface area contributed by atoms with Gasteiger partial charge in [0.1, 0.15) is 11.6 Å². The lowest BCUT2D eigenvalue weighted by Gasteiger charge is -2.18. The number of rotatable bonds is 8. The Morgan fingerprint density at radius 2 is 1.94 bits per heavy atom. The molecule has 1 amide bonds. The molecule has 0 bridgehead atoms. The molecule has 1 heterocycles. The minimum Gasteiger partial charge on any atom is -0.496 e. The van der Waals surface area contributed by atoms with Crippen LogP contribution in [0.3, 0.4) is 0 Å². The summed E-state index contributed by atoms with van der Waals surface area (Å²) in [5, 5.41) is 6.99. The van der Waals surface area contributed by atoms with Gasteiger partial charge in [0, 0.05) is 28.7 Å². The Kier molecular flexibility index (Phi) is 7.41. The van der Waals surface area contributed by atoms with Crippen molar-refractivity contribution in [3.05, 3.63) is 80.8 Å². The van der Waals surface area contributed by atoms with Gasteiger partial charge in [0.2, 0.25) is 5.88 Å². The number of carbonyl (C=O) groups is 1. The Labute approximate surface area is 186 Å². The van der Waals surface area contributed by atoms with Crippen molar-refractivity contribution in [3.8, 4) is 17.3 Å². The molecule has 1 aromatic heterocycles. The summed E-state index contributed by atoms with van der Waals surface area (Å²) in [6.45, 7) is 2.06. The maximum atomic E-state index is 13.2. The lowest BCUT2D eigenvalue weighted by atomic mass is 10.2. The summed E-state index contributed by atoms with van der Waals surface area (Å²) in [5.74, 6) is 0.0105. The minimum absolute atomic E-state index is 0.103. The summed E-state index contributed by atoms with van der Waals surface area (Å²) >= 11 is 3.41. The molecular weight excluding hydrogens is 469 g/mol. The number of nitrogens with one attached hydrogen (secondary N) is 1. The first kappa shape index (κ1) is 22.5. The van der Waals surface area contributed by atoms with E-state index in [0.29, 0.717) is 17.9 Å². The average Bonchev–Trinajstić information content (AvgIpc) is 2.77. The Balaban J connectivity index is 1.73. The summed E-state index contributed by atoms with van der Waals surface area (Å²) < 4.78 is 26.2. The van der Waals surface area contributed by atoms with Gasteiger partial charge < -0.3 is 14.8 Å². The average molecular weight is 490 g/mol. The summed E-state index contributed by atoms with van der Waals surface area (Å²) in [4.78, 5) is 24.8. The number of aromatic nitrogens is 2. The number of hydrogen-bond acceptors (Lipinski definition) is 5. The standard InChI is InChI=1S/C22H21BrFN3O4/c1-3-18(22(29)25-13-14-12-15(23)4-9-19(14)30-2)31-20-10-11-21(28)27(26-20)17-7-5-16(24)6-8-17/h4-12,18H,3,13H2,1-2H3,(H,25,29). The highest BCUT2D eigenvalue weighted by Crippen LogP contribution is 2.23. The van der Waals surface area contributed by atoms with Gasteiger partial charge in [0.25, 0.3) is 11.5 Å². The summed E-state index contributed by atoms with van der Waals surface area (Å²) in [6, 6.07) is 13.5. The molecule has 0 aliphatic heterocycles. The lowest BCUT2D eigenvalue weighted by Crippen LogP contribution is -2.38. The molecule has 0 saturated carbocycles. The van der Waals surface area contributed by atoms with Crippen molar-refractivity contribution in [2.24, 2.45) is 0 Å². The molecule has 1 unspecified atom stereocenters. The van der Waals surface area contributed by atoms with Crippen LogP contribution in [-0.2, 0) is 11.3 Å². The van der Waals surface area contributed by atoms with Gasteiger partial charge in [-0.2, -0.15) is 4.68 Å². The van der Waals surface area contributed by atoms with Crippen LogP contribution in [0.15, 0.2) is 63.9 Å². The lowest BCUT2D eigenvalue weighted by molar-refractivity contribution is -0.128. The number of amides is 1. The van der Waals surface area contributed by atoms with E-state index >= 15 is 0 Å². The molecule has 0 aliphatic rings. The molecular formula is C22H21BrFN3O4. The van der Waals surface area contributed by atoms with E-state index in [1.807, 2.05) is 18.2 Å². The first-order valence-electron chi connectivity index (χ1n) is 9.54. The number of halogens is 2. The van der Waals surface area contributed by atoms with E-state index in [1.54, 1.807) is 14.0 Å². The SMILES string of the molecule is CCC(Oc1ccc(=O)n(-c2ccc(F)cc2)n1)C(=O)NCc1cc(Br)ccc1OC. The number of nitrogens with zero attached hydrogens (tertiary/aromatic N) is 2. The molecule has 2 aromatic carbocycles. The fourth-order valence-corrected chi connectivity index (χ4v) is 3.28. The van der Waals surface area contributed by atoms with E-state index in [0.717, 1.165) is 14.7 Å². The zero-order valence-electron chi connectivity index (χ0n) is 17.0. The summed E-state index contributed by atoms with van der Waals surface area (Å²) in [7, 11) is 1.56. The molecule has 9 heteroatoms. The van der Waals surface area contributed by atoms with E-state index in [4.69, 9.17) is 9.47 Å². The molecule has 7 nitrogen and oxygen atoms in total. The van der Waals surface area contributed by atoms with Crippen LogP contribution in [0.5, 0.6) is 11.6 Å². The smallest absolute Gasteiger partial charge is 0.271 e. The molecule has 0 saturated heterocycles. The van der Waals surface area contributed by atoms with Gasteiger partial charge in [-0.3, -0.25) is 9.59 Å². The Bertz CT molecular complexity index is 1120. The first-order valence-corrected chi connectivity index (χ1v) is 10.3. The monoisotopic (exact) mass is 489 g/mol. The number of ether oxygens (including phenoxy) is 2. The third kappa shape index (κ3) is 5.69. The van der Waals surface area contributed by atoms with Gasteiger partial charge in [-0.05, 0) is 48.9 Å². The summed E-state index contributed by atoms with van der Waals surface area (Å²) in [5.41, 5.74) is 0.789.